The Kier molecular flexibility index (Phi) is 5.78. The van der Waals surface area contributed by atoms with E-state index in [1.165, 1.54) is 5.56 Å². The lowest BCUT2D eigenvalue weighted by Crippen LogP contribution is -2.31. The van der Waals surface area contributed by atoms with Gasteiger partial charge in [-0.25, -0.2) is 0 Å². The maximum Gasteiger partial charge on any atom is 0.240 e. The van der Waals surface area contributed by atoms with Gasteiger partial charge in [-0.2, -0.15) is 5.10 Å². The summed E-state index contributed by atoms with van der Waals surface area (Å²) in [6, 6.07) is 14.2. The van der Waals surface area contributed by atoms with E-state index in [1.807, 2.05) is 35.7 Å². The largest absolute Gasteiger partial charge is 0.354 e. The zero-order valence-electron chi connectivity index (χ0n) is 13.9. The Hall–Kier alpha value is -2.25. The molecule has 2 N–H and O–H groups in total. The molecular weight excluding hydrogens is 352 g/mol. The molecule has 1 aromatic carbocycles. The van der Waals surface area contributed by atoms with Crippen LogP contribution in [0.25, 0.3) is 10.7 Å². The van der Waals surface area contributed by atoms with Crippen LogP contribution in [0.15, 0.2) is 47.8 Å². The summed E-state index contributed by atoms with van der Waals surface area (Å²) >= 11 is 6.84. The number of nitrogens with one attached hydrogen (secondary N) is 2. The second kappa shape index (κ2) is 8.22. The van der Waals surface area contributed by atoms with Gasteiger partial charge in [0.15, 0.2) is 10.6 Å². The van der Waals surface area contributed by atoms with Gasteiger partial charge in [-0.15, -0.1) is 11.3 Å². The summed E-state index contributed by atoms with van der Waals surface area (Å²) in [5.41, 5.74) is 1.24. The van der Waals surface area contributed by atoms with Crippen molar-refractivity contribution in [2.45, 2.75) is 25.8 Å². The van der Waals surface area contributed by atoms with Gasteiger partial charge in [0.2, 0.25) is 5.91 Å². The van der Waals surface area contributed by atoms with Crippen molar-refractivity contribution in [1.82, 2.24) is 20.1 Å². The molecule has 1 atom stereocenters. The standard InChI is InChI=1S/C18H20N4OS2/c1-2-13(14-7-4-3-5-8-14)11-19-16(23)12-22-17(20-21-18(22)24)15-9-6-10-25-15/h3-10,13H,2,11-12H2,1H3,(H,19,23)(H,21,24). The first kappa shape index (κ1) is 17.6. The van der Waals surface area contributed by atoms with Crippen LogP contribution in [-0.2, 0) is 11.3 Å². The third kappa shape index (κ3) is 4.24. The highest BCUT2D eigenvalue weighted by Gasteiger charge is 2.15. The number of hydrogen-bond donors (Lipinski definition) is 2. The predicted molar refractivity (Wildman–Crippen MR) is 103 cm³/mol. The number of aromatic amines is 1. The molecule has 25 heavy (non-hydrogen) atoms. The van der Waals surface area contributed by atoms with Crippen LogP contribution in [-0.4, -0.2) is 27.2 Å². The molecule has 0 fully saturated rings. The minimum atomic E-state index is -0.0651. The van der Waals surface area contributed by atoms with E-state index in [9.17, 15) is 4.79 Å². The van der Waals surface area contributed by atoms with E-state index in [0.717, 1.165) is 11.3 Å². The first-order valence-corrected chi connectivity index (χ1v) is 9.48. The zero-order valence-corrected chi connectivity index (χ0v) is 15.6. The molecule has 0 spiro atoms. The molecule has 2 aromatic heterocycles. The Morgan fingerprint density at radius 2 is 2.12 bits per heavy atom. The lowest BCUT2D eigenvalue weighted by atomic mass is 9.96. The third-order valence-electron chi connectivity index (χ3n) is 4.11. The lowest BCUT2D eigenvalue weighted by Gasteiger charge is -2.16. The third-order valence-corrected chi connectivity index (χ3v) is 5.29. The van der Waals surface area contributed by atoms with Gasteiger partial charge in [-0.3, -0.25) is 14.5 Å². The van der Waals surface area contributed by atoms with Crippen LogP contribution in [0.3, 0.4) is 0 Å². The van der Waals surface area contributed by atoms with E-state index in [2.05, 4.69) is 34.6 Å². The van der Waals surface area contributed by atoms with E-state index in [-0.39, 0.29) is 12.5 Å². The Bertz CT molecular complexity index is 868. The summed E-state index contributed by atoms with van der Waals surface area (Å²) in [6.07, 6.45) is 0.968. The minimum Gasteiger partial charge on any atom is -0.354 e. The van der Waals surface area contributed by atoms with E-state index in [0.29, 0.717) is 23.1 Å². The molecule has 3 aromatic rings. The molecule has 1 amide bonds. The normalized spacial score (nSPS) is 12.0. The highest BCUT2D eigenvalue weighted by atomic mass is 32.1. The SMILES string of the molecule is CCC(CNC(=O)Cn1c(-c2cccs2)n[nH]c1=S)c1ccccc1. The molecule has 1 unspecified atom stereocenters. The summed E-state index contributed by atoms with van der Waals surface area (Å²) in [5.74, 6) is 0.939. The number of carbonyl (C=O) groups excluding carboxylic acids is 1. The van der Waals surface area contributed by atoms with E-state index in [1.54, 1.807) is 15.9 Å². The van der Waals surface area contributed by atoms with Crippen molar-refractivity contribution in [3.8, 4) is 10.7 Å². The molecule has 0 bridgehead atoms. The first-order chi connectivity index (χ1) is 12.2. The van der Waals surface area contributed by atoms with Crippen molar-refractivity contribution in [2.75, 3.05) is 6.54 Å². The fraction of sp³-hybridized carbons (Fsp3) is 0.278. The van der Waals surface area contributed by atoms with Crippen molar-refractivity contribution in [2.24, 2.45) is 0 Å². The van der Waals surface area contributed by atoms with Crippen molar-refractivity contribution in [3.63, 3.8) is 0 Å². The van der Waals surface area contributed by atoms with Crippen molar-refractivity contribution in [1.29, 1.82) is 0 Å². The van der Waals surface area contributed by atoms with Gasteiger partial charge in [0, 0.05) is 12.5 Å². The molecule has 0 aliphatic rings. The first-order valence-electron chi connectivity index (χ1n) is 8.19. The molecule has 0 aliphatic heterocycles. The number of rotatable bonds is 7. The quantitative estimate of drug-likeness (QED) is 0.617. The van der Waals surface area contributed by atoms with Crippen LogP contribution in [0.4, 0.5) is 0 Å². The molecule has 0 saturated carbocycles. The number of nitrogens with zero attached hydrogens (tertiary/aromatic N) is 2. The fourth-order valence-corrected chi connectivity index (χ4v) is 3.64. The van der Waals surface area contributed by atoms with E-state index in [4.69, 9.17) is 12.2 Å². The van der Waals surface area contributed by atoms with Gasteiger partial charge < -0.3 is 5.32 Å². The molecule has 7 heteroatoms. The van der Waals surface area contributed by atoms with Gasteiger partial charge >= 0.3 is 0 Å². The second-order valence-corrected chi connectivity index (χ2v) is 7.07. The number of aromatic nitrogens is 3. The summed E-state index contributed by atoms with van der Waals surface area (Å²) < 4.78 is 2.19. The lowest BCUT2D eigenvalue weighted by molar-refractivity contribution is -0.121. The average Bonchev–Trinajstić information content (AvgIpc) is 3.27. The number of thiophene rings is 1. The Morgan fingerprint density at radius 1 is 1.32 bits per heavy atom. The number of benzene rings is 1. The molecular formula is C18H20N4OS2. The average molecular weight is 373 g/mol. The molecule has 0 saturated heterocycles. The van der Waals surface area contributed by atoms with Crippen LogP contribution >= 0.6 is 23.6 Å². The Morgan fingerprint density at radius 3 is 2.80 bits per heavy atom. The summed E-state index contributed by atoms with van der Waals surface area (Å²) in [5, 5.41) is 12.0. The zero-order chi connectivity index (χ0) is 17.6. The minimum absolute atomic E-state index is 0.0651. The highest BCUT2D eigenvalue weighted by Crippen LogP contribution is 2.22. The van der Waals surface area contributed by atoms with Crippen LogP contribution < -0.4 is 5.32 Å². The number of amides is 1. The molecule has 130 valence electrons. The van der Waals surface area contributed by atoms with Crippen molar-refractivity contribution < 1.29 is 4.79 Å². The highest BCUT2D eigenvalue weighted by molar-refractivity contribution is 7.71. The number of carbonyl (C=O) groups is 1. The fourth-order valence-electron chi connectivity index (χ4n) is 2.72. The smallest absolute Gasteiger partial charge is 0.240 e. The van der Waals surface area contributed by atoms with E-state index >= 15 is 0 Å². The second-order valence-electron chi connectivity index (χ2n) is 5.74. The van der Waals surface area contributed by atoms with E-state index < -0.39 is 0 Å². The summed E-state index contributed by atoms with van der Waals surface area (Å²) in [7, 11) is 0. The molecule has 5 nitrogen and oxygen atoms in total. The molecule has 0 radical (unpaired) electrons. The van der Waals surface area contributed by atoms with Crippen molar-refractivity contribution in [3.05, 3.63) is 58.2 Å². The maximum absolute atomic E-state index is 12.4. The Labute approximate surface area is 155 Å². The maximum atomic E-state index is 12.4. The molecule has 3 rings (SSSR count). The Balaban J connectivity index is 1.66. The van der Waals surface area contributed by atoms with Gasteiger partial charge in [-0.05, 0) is 35.6 Å². The van der Waals surface area contributed by atoms with Gasteiger partial charge in [0.1, 0.15) is 6.54 Å². The van der Waals surface area contributed by atoms with Gasteiger partial charge in [0.25, 0.3) is 0 Å². The van der Waals surface area contributed by atoms with Crippen molar-refractivity contribution >= 4 is 29.5 Å². The van der Waals surface area contributed by atoms with Crippen LogP contribution in [0, 0.1) is 4.77 Å². The van der Waals surface area contributed by atoms with Gasteiger partial charge in [0.05, 0.1) is 4.88 Å². The predicted octanol–water partition coefficient (Wildman–Crippen LogP) is 3.98. The monoisotopic (exact) mass is 372 g/mol. The van der Waals surface area contributed by atoms with Crippen LogP contribution in [0.2, 0.25) is 0 Å². The van der Waals surface area contributed by atoms with Crippen LogP contribution in [0.1, 0.15) is 24.8 Å². The summed E-state index contributed by atoms with van der Waals surface area (Å²) in [4.78, 5) is 13.4. The van der Waals surface area contributed by atoms with Gasteiger partial charge in [-0.1, -0.05) is 43.3 Å². The molecule has 2 heterocycles. The number of H-pyrrole nitrogens is 1. The molecule has 0 aliphatic carbocycles. The van der Waals surface area contributed by atoms with Crippen LogP contribution in [0.5, 0.6) is 0 Å². The topological polar surface area (TPSA) is 62.7 Å². The summed E-state index contributed by atoms with van der Waals surface area (Å²) in [6.45, 7) is 2.90. The number of hydrogen-bond acceptors (Lipinski definition) is 4.